The van der Waals surface area contributed by atoms with Crippen LogP contribution < -0.4 is 20.7 Å². The van der Waals surface area contributed by atoms with Crippen molar-refractivity contribution >= 4 is 22.8 Å². The molecule has 0 aliphatic heterocycles. The highest BCUT2D eigenvalue weighted by Crippen LogP contribution is 2.32. The van der Waals surface area contributed by atoms with E-state index >= 15 is 0 Å². The van der Waals surface area contributed by atoms with Crippen molar-refractivity contribution in [1.82, 2.24) is 18.7 Å². The quantitative estimate of drug-likeness (QED) is 0.391. The van der Waals surface area contributed by atoms with Crippen molar-refractivity contribution in [2.45, 2.75) is 33.0 Å². The number of hydrogen-bond acceptors (Lipinski definition) is 6. The first-order valence-corrected chi connectivity index (χ1v) is 11.3. The van der Waals surface area contributed by atoms with Crippen molar-refractivity contribution in [1.29, 1.82) is 0 Å². The molecule has 0 fully saturated rings. The standard InChI is InChI=1S/C24H25ClN4O5/c1-3-27-21-20(22(31)28(24(27)32)13-6-14-30)29(15-16-9-11-17(25)12-10-16)23(26-21)34-19-8-5-4-7-18(19)33-2/h4-5,7-12,30H,3,6,13-15H2,1-2H3. The monoisotopic (exact) mass is 484 g/mol. The lowest BCUT2D eigenvalue weighted by molar-refractivity contribution is 0.277. The van der Waals surface area contributed by atoms with Gasteiger partial charge in [-0.15, -0.1) is 0 Å². The van der Waals surface area contributed by atoms with Gasteiger partial charge in [0.25, 0.3) is 5.56 Å². The summed E-state index contributed by atoms with van der Waals surface area (Å²) in [5, 5.41) is 9.85. The van der Waals surface area contributed by atoms with Gasteiger partial charge in [-0.1, -0.05) is 35.9 Å². The number of aromatic nitrogens is 4. The van der Waals surface area contributed by atoms with Gasteiger partial charge in [-0.3, -0.25) is 18.5 Å². The predicted octanol–water partition coefficient (Wildman–Crippen LogP) is 3.26. The van der Waals surface area contributed by atoms with E-state index < -0.39 is 11.2 Å². The van der Waals surface area contributed by atoms with Crippen LogP contribution in [0.1, 0.15) is 18.9 Å². The Morgan fingerprint density at radius 3 is 2.35 bits per heavy atom. The predicted molar refractivity (Wildman–Crippen MR) is 129 cm³/mol. The summed E-state index contributed by atoms with van der Waals surface area (Å²) in [5.41, 5.74) is 0.364. The SMILES string of the molecule is CCn1c(=O)n(CCCO)c(=O)c2c1nc(Oc1ccccc1OC)n2Cc1ccc(Cl)cc1. The van der Waals surface area contributed by atoms with Gasteiger partial charge in [0.15, 0.2) is 22.7 Å². The van der Waals surface area contributed by atoms with E-state index in [0.717, 1.165) is 10.1 Å². The zero-order chi connectivity index (χ0) is 24.2. The van der Waals surface area contributed by atoms with Crippen LogP contribution >= 0.6 is 11.6 Å². The fraction of sp³-hybridized carbons (Fsp3) is 0.292. The van der Waals surface area contributed by atoms with Gasteiger partial charge >= 0.3 is 11.7 Å². The van der Waals surface area contributed by atoms with Crippen LogP contribution in [-0.2, 0) is 19.6 Å². The molecule has 34 heavy (non-hydrogen) atoms. The molecule has 0 spiro atoms. The van der Waals surface area contributed by atoms with Crippen molar-refractivity contribution in [3.05, 3.63) is 80.0 Å². The van der Waals surface area contributed by atoms with Crippen molar-refractivity contribution in [3.8, 4) is 17.5 Å². The van der Waals surface area contributed by atoms with Crippen LogP contribution in [0.3, 0.4) is 0 Å². The fourth-order valence-corrected chi connectivity index (χ4v) is 3.91. The molecule has 0 radical (unpaired) electrons. The Morgan fingerprint density at radius 1 is 1.00 bits per heavy atom. The van der Waals surface area contributed by atoms with E-state index in [1.54, 1.807) is 41.8 Å². The molecule has 178 valence electrons. The third kappa shape index (κ3) is 4.44. The number of rotatable bonds is 9. The first kappa shape index (κ1) is 23.6. The molecule has 2 heterocycles. The molecule has 4 aromatic rings. The summed E-state index contributed by atoms with van der Waals surface area (Å²) in [6.07, 6.45) is 0.278. The van der Waals surface area contributed by atoms with E-state index in [-0.39, 0.29) is 43.3 Å². The van der Waals surface area contributed by atoms with E-state index in [1.165, 1.54) is 11.7 Å². The molecule has 4 rings (SSSR count). The Morgan fingerprint density at radius 2 is 1.71 bits per heavy atom. The first-order chi connectivity index (χ1) is 16.5. The van der Waals surface area contributed by atoms with Gasteiger partial charge in [0.1, 0.15) is 0 Å². The van der Waals surface area contributed by atoms with E-state index in [2.05, 4.69) is 4.98 Å². The summed E-state index contributed by atoms with van der Waals surface area (Å²) in [5.74, 6) is 0.921. The van der Waals surface area contributed by atoms with Crippen LogP contribution in [0.2, 0.25) is 5.02 Å². The van der Waals surface area contributed by atoms with Gasteiger partial charge in [-0.25, -0.2) is 4.79 Å². The number of hydrogen-bond donors (Lipinski definition) is 1. The lowest BCUT2D eigenvalue weighted by Crippen LogP contribution is -2.40. The maximum atomic E-state index is 13.5. The second kappa shape index (κ2) is 10.1. The van der Waals surface area contributed by atoms with Gasteiger partial charge in [0.2, 0.25) is 0 Å². The van der Waals surface area contributed by atoms with E-state index in [0.29, 0.717) is 23.1 Å². The molecule has 0 aliphatic rings. The minimum atomic E-state index is -0.491. The molecule has 0 aliphatic carbocycles. The van der Waals surface area contributed by atoms with Crippen LogP contribution in [0.4, 0.5) is 0 Å². The molecule has 0 bridgehead atoms. The number of halogens is 1. The third-order valence-corrected chi connectivity index (χ3v) is 5.71. The summed E-state index contributed by atoms with van der Waals surface area (Å²) in [7, 11) is 1.54. The van der Waals surface area contributed by atoms with Crippen LogP contribution in [-0.4, -0.2) is 37.5 Å². The highest BCUT2D eigenvalue weighted by molar-refractivity contribution is 6.30. The average Bonchev–Trinajstić information content (AvgIpc) is 3.18. The highest BCUT2D eigenvalue weighted by Gasteiger charge is 2.23. The van der Waals surface area contributed by atoms with Crippen LogP contribution in [0.15, 0.2) is 58.1 Å². The summed E-state index contributed by atoms with van der Waals surface area (Å²) < 4.78 is 15.7. The summed E-state index contributed by atoms with van der Waals surface area (Å²) in [6.45, 7) is 2.33. The third-order valence-electron chi connectivity index (χ3n) is 5.46. The van der Waals surface area contributed by atoms with Gasteiger partial charge in [-0.2, -0.15) is 4.98 Å². The number of imidazole rings is 1. The van der Waals surface area contributed by atoms with Crippen molar-refractivity contribution in [2.75, 3.05) is 13.7 Å². The lowest BCUT2D eigenvalue weighted by atomic mass is 10.2. The normalized spacial score (nSPS) is 11.2. The fourth-order valence-electron chi connectivity index (χ4n) is 3.78. The number of benzene rings is 2. The van der Waals surface area contributed by atoms with Crippen molar-refractivity contribution in [2.24, 2.45) is 0 Å². The maximum Gasteiger partial charge on any atom is 0.332 e. The van der Waals surface area contributed by atoms with E-state index in [4.69, 9.17) is 21.1 Å². The number of nitrogens with zero attached hydrogens (tertiary/aromatic N) is 4. The number of para-hydroxylation sites is 2. The average molecular weight is 485 g/mol. The molecular formula is C24H25ClN4O5. The Hall–Kier alpha value is -3.56. The van der Waals surface area contributed by atoms with Gasteiger partial charge < -0.3 is 14.6 Å². The van der Waals surface area contributed by atoms with Gasteiger partial charge in [0, 0.05) is 24.7 Å². The summed E-state index contributed by atoms with van der Waals surface area (Å²) in [4.78, 5) is 31.1. The Kier molecular flexibility index (Phi) is 7.04. The maximum absolute atomic E-state index is 13.5. The molecule has 0 saturated heterocycles. The topological polar surface area (TPSA) is 101 Å². The molecule has 0 atom stereocenters. The highest BCUT2D eigenvalue weighted by atomic mass is 35.5. The molecule has 2 aromatic carbocycles. The molecule has 0 unspecified atom stereocenters. The lowest BCUT2D eigenvalue weighted by Gasteiger charge is -2.13. The number of aliphatic hydroxyl groups excluding tert-OH is 1. The molecule has 10 heteroatoms. The number of aliphatic hydroxyl groups is 1. The van der Waals surface area contributed by atoms with Gasteiger partial charge in [-0.05, 0) is 43.2 Å². The van der Waals surface area contributed by atoms with E-state index in [1.807, 2.05) is 18.2 Å². The van der Waals surface area contributed by atoms with Crippen LogP contribution in [0.25, 0.3) is 11.2 Å². The largest absolute Gasteiger partial charge is 0.493 e. The Bertz CT molecular complexity index is 1420. The zero-order valence-corrected chi connectivity index (χ0v) is 19.7. The zero-order valence-electron chi connectivity index (χ0n) is 18.9. The van der Waals surface area contributed by atoms with Crippen LogP contribution in [0.5, 0.6) is 17.5 Å². The summed E-state index contributed by atoms with van der Waals surface area (Å²) >= 11 is 6.04. The molecule has 9 nitrogen and oxygen atoms in total. The smallest absolute Gasteiger partial charge is 0.332 e. The molecule has 2 aromatic heterocycles. The Balaban J connectivity index is 1.97. The molecule has 0 saturated carbocycles. The number of ether oxygens (including phenoxy) is 2. The van der Waals surface area contributed by atoms with Gasteiger partial charge in [0.05, 0.1) is 13.7 Å². The Labute approximate surface area is 200 Å². The molecule has 0 amide bonds. The molecular weight excluding hydrogens is 460 g/mol. The number of methoxy groups -OCH3 is 1. The number of fused-ring (bicyclic) bond motifs is 1. The molecule has 1 N–H and O–H groups in total. The van der Waals surface area contributed by atoms with Crippen molar-refractivity contribution in [3.63, 3.8) is 0 Å². The van der Waals surface area contributed by atoms with Crippen molar-refractivity contribution < 1.29 is 14.6 Å². The van der Waals surface area contributed by atoms with Crippen LogP contribution in [0, 0.1) is 0 Å². The minimum absolute atomic E-state index is 0.0962. The van der Waals surface area contributed by atoms with E-state index in [9.17, 15) is 14.7 Å². The summed E-state index contributed by atoms with van der Waals surface area (Å²) in [6, 6.07) is 14.5. The number of aryl methyl sites for hydroxylation is 1. The second-order valence-electron chi connectivity index (χ2n) is 7.59. The first-order valence-electron chi connectivity index (χ1n) is 10.9. The minimum Gasteiger partial charge on any atom is -0.493 e. The second-order valence-corrected chi connectivity index (χ2v) is 8.03.